The van der Waals surface area contributed by atoms with E-state index in [0.29, 0.717) is 5.88 Å². The zero-order chi connectivity index (χ0) is 11.6. The van der Waals surface area contributed by atoms with Crippen molar-refractivity contribution in [3.8, 4) is 0 Å². The van der Waals surface area contributed by atoms with Crippen molar-refractivity contribution in [2.24, 2.45) is 5.92 Å². The molecule has 0 bridgehead atoms. The average Bonchev–Trinajstić information content (AvgIpc) is 2.98. The normalized spacial score (nSPS) is 14.4. The molecule has 2 rings (SSSR count). The van der Waals surface area contributed by atoms with Gasteiger partial charge in [-0.3, -0.25) is 0 Å². The molecule has 0 radical (unpaired) electrons. The summed E-state index contributed by atoms with van der Waals surface area (Å²) in [6, 6.07) is 4.03. The van der Waals surface area contributed by atoms with Crippen LogP contribution in [0.2, 0.25) is 0 Å². The molecule has 0 saturated heterocycles. The van der Waals surface area contributed by atoms with Crippen LogP contribution in [0.3, 0.4) is 0 Å². The molecule has 1 aliphatic carbocycles. The molecule has 2 heteroatoms. The number of thiophene rings is 1. The van der Waals surface area contributed by atoms with Gasteiger partial charge in [-0.25, -0.2) is 0 Å². The molecule has 0 aromatic carbocycles. The van der Waals surface area contributed by atoms with Gasteiger partial charge < -0.3 is 0 Å². The van der Waals surface area contributed by atoms with E-state index in [0.717, 1.165) is 5.92 Å². The Hall–Kier alpha value is -0.0100. The lowest BCUT2D eigenvalue weighted by Gasteiger charge is -1.95. The lowest BCUT2D eigenvalue weighted by Crippen LogP contribution is -1.77. The number of hydrogen-bond acceptors (Lipinski definition) is 1. The first kappa shape index (κ1) is 14.1. The minimum absolute atomic E-state index is 0.650. The van der Waals surface area contributed by atoms with Gasteiger partial charge in [0.1, 0.15) is 0 Å². The average molecular weight is 259 g/mol. The lowest BCUT2D eigenvalue weighted by atomic mass is 10.1. The summed E-state index contributed by atoms with van der Waals surface area (Å²) in [6.07, 6.45) is 10.4. The van der Waals surface area contributed by atoms with E-state index in [1.165, 1.54) is 49.8 Å². The van der Waals surface area contributed by atoms with E-state index in [2.05, 4.69) is 6.92 Å². The highest BCUT2D eigenvalue weighted by Gasteiger charge is 2.19. The third-order valence-electron chi connectivity index (χ3n) is 2.87. The van der Waals surface area contributed by atoms with Gasteiger partial charge in [0.25, 0.3) is 0 Å². The fourth-order valence-electron chi connectivity index (χ4n) is 1.65. The summed E-state index contributed by atoms with van der Waals surface area (Å²) in [7, 11) is 0. The highest BCUT2D eigenvalue weighted by atomic mass is 35.5. The number of unbranched alkanes of at least 4 members (excludes halogenated alkanes) is 3. The summed E-state index contributed by atoms with van der Waals surface area (Å²) < 4.78 is 0. The summed E-state index contributed by atoms with van der Waals surface area (Å²) in [4.78, 5) is 1.24. The first-order valence-corrected chi connectivity index (χ1v) is 7.86. The maximum absolute atomic E-state index is 5.48. The smallest absolute Gasteiger partial charge is 0.0568 e. The Labute approximate surface area is 109 Å². The summed E-state index contributed by atoms with van der Waals surface area (Å²) >= 11 is 7.17. The van der Waals surface area contributed by atoms with Crippen molar-refractivity contribution in [3.05, 3.63) is 22.4 Å². The molecule has 0 unspecified atom stereocenters. The Kier molecular flexibility index (Phi) is 7.96. The van der Waals surface area contributed by atoms with Crippen LogP contribution < -0.4 is 0 Å². The third-order valence-corrected chi connectivity index (χ3v) is 4.20. The third kappa shape index (κ3) is 7.29. The van der Waals surface area contributed by atoms with E-state index in [1.54, 1.807) is 11.3 Å². The zero-order valence-corrected chi connectivity index (χ0v) is 11.8. The van der Waals surface area contributed by atoms with Crippen LogP contribution in [-0.4, -0.2) is 0 Å². The van der Waals surface area contributed by atoms with E-state index >= 15 is 0 Å². The van der Waals surface area contributed by atoms with Gasteiger partial charge in [-0.1, -0.05) is 57.9 Å². The van der Waals surface area contributed by atoms with Crippen molar-refractivity contribution in [2.75, 3.05) is 0 Å². The maximum Gasteiger partial charge on any atom is 0.0568 e. The standard InChI is InChI=1S/C9H18.C5H5ClS/c1-2-3-4-5-6-9-7-8-9;6-4-5-2-1-3-7-5/h9H,2-8H2,1H3;1-3H,4H2. The number of alkyl halides is 1. The molecule has 1 aromatic rings. The predicted octanol–water partition coefficient (Wildman–Crippen LogP) is 5.85. The molecule has 1 fully saturated rings. The van der Waals surface area contributed by atoms with E-state index in [-0.39, 0.29) is 0 Å². The molecule has 92 valence electrons. The molecule has 1 heterocycles. The second-order valence-corrected chi connectivity index (χ2v) is 5.81. The van der Waals surface area contributed by atoms with Crippen molar-refractivity contribution >= 4 is 22.9 Å². The molecule has 0 amide bonds. The summed E-state index contributed by atoms with van der Waals surface area (Å²) in [5.74, 6) is 1.80. The second kappa shape index (κ2) is 9.07. The molecule has 1 aromatic heterocycles. The lowest BCUT2D eigenvalue weighted by molar-refractivity contribution is 0.597. The summed E-state index contributed by atoms with van der Waals surface area (Å²) in [6.45, 7) is 2.27. The molecular formula is C14H23ClS. The molecule has 0 aliphatic heterocycles. The zero-order valence-electron chi connectivity index (χ0n) is 10.3. The van der Waals surface area contributed by atoms with Crippen LogP contribution in [0.15, 0.2) is 17.5 Å². The van der Waals surface area contributed by atoms with E-state index in [9.17, 15) is 0 Å². The second-order valence-electron chi connectivity index (χ2n) is 4.51. The van der Waals surface area contributed by atoms with Crippen molar-refractivity contribution in [1.82, 2.24) is 0 Å². The maximum atomic E-state index is 5.48. The highest BCUT2D eigenvalue weighted by Crippen LogP contribution is 2.33. The van der Waals surface area contributed by atoms with Gasteiger partial charge in [-0.05, 0) is 17.4 Å². The Morgan fingerprint density at radius 3 is 2.56 bits per heavy atom. The highest BCUT2D eigenvalue weighted by molar-refractivity contribution is 7.10. The van der Waals surface area contributed by atoms with Gasteiger partial charge in [0, 0.05) is 4.88 Å². The van der Waals surface area contributed by atoms with Gasteiger partial charge >= 0.3 is 0 Å². The first-order chi connectivity index (χ1) is 7.86. The minimum atomic E-state index is 0.650. The monoisotopic (exact) mass is 258 g/mol. The van der Waals surface area contributed by atoms with Crippen LogP contribution in [0.5, 0.6) is 0 Å². The molecule has 0 N–H and O–H groups in total. The molecule has 16 heavy (non-hydrogen) atoms. The number of halogens is 1. The van der Waals surface area contributed by atoms with Crippen LogP contribution in [-0.2, 0) is 5.88 Å². The first-order valence-electron chi connectivity index (χ1n) is 6.45. The SMILES string of the molecule is CCCCCCC1CC1.ClCc1cccs1. The molecule has 1 aliphatic rings. The van der Waals surface area contributed by atoms with Crippen molar-refractivity contribution in [2.45, 2.75) is 57.7 Å². The molecule has 0 nitrogen and oxygen atoms in total. The van der Waals surface area contributed by atoms with E-state index in [4.69, 9.17) is 11.6 Å². The van der Waals surface area contributed by atoms with E-state index in [1.807, 2.05) is 17.5 Å². The van der Waals surface area contributed by atoms with Crippen molar-refractivity contribution in [1.29, 1.82) is 0 Å². The van der Waals surface area contributed by atoms with Crippen LogP contribution in [0, 0.1) is 5.92 Å². The van der Waals surface area contributed by atoms with Crippen molar-refractivity contribution in [3.63, 3.8) is 0 Å². The quantitative estimate of drug-likeness (QED) is 0.443. The van der Waals surface area contributed by atoms with Crippen LogP contribution in [0.25, 0.3) is 0 Å². The van der Waals surface area contributed by atoms with Gasteiger partial charge in [0.2, 0.25) is 0 Å². The van der Waals surface area contributed by atoms with Gasteiger partial charge in [0.15, 0.2) is 0 Å². The molecule has 1 saturated carbocycles. The fourth-order valence-corrected chi connectivity index (χ4v) is 2.49. The number of hydrogen-bond donors (Lipinski definition) is 0. The van der Waals surface area contributed by atoms with Gasteiger partial charge in [-0.2, -0.15) is 0 Å². The Morgan fingerprint density at radius 1 is 1.31 bits per heavy atom. The Balaban J connectivity index is 0.000000165. The van der Waals surface area contributed by atoms with Gasteiger partial charge in [-0.15, -0.1) is 22.9 Å². The Bertz CT molecular complexity index is 239. The van der Waals surface area contributed by atoms with Crippen LogP contribution >= 0.6 is 22.9 Å². The molecular weight excluding hydrogens is 236 g/mol. The molecule has 0 atom stereocenters. The summed E-state index contributed by atoms with van der Waals surface area (Å²) in [5, 5.41) is 2.03. The predicted molar refractivity (Wildman–Crippen MR) is 75.4 cm³/mol. The largest absolute Gasteiger partial charge is 0.148 e. The molecule has 0 spiro atoms. The topological polar surface area (TPSA) is 0 Å². The van der Waals surface area contributed by atoms with Crippen molar-refractivity contribution < 1.29 is 0 Å². The van der Waals surface area contributed by atoms with E-state index < -0.39 is 0 Å². The number of rotatable bonds is 6. The minimum Gasteiger partial charge on any atom is -0.148 e. The Morgan fingerprint density at radius 2 is 2.12 bits per heavy atom. The fraction of sp³-hybridized carbons (Fsp3) is 0.714. The van der Waals surface area contributed by atoms with Gasteiger partial charge in [0.05, 0.1) is 5.88 Å². The van der Waals surface area contributed by atoms with Crippen LogP contribution in [0.4, 0.5) is 0 Å². The summed E-state index contributed by atoms with van der Waals surface area (Å²) in [5.41, 5.74) is 0. The van der Waals surface area contributed by atoms with Crippen LogP contribution in [0.1, 0.15) is 56.7 Å².